The number of benzene rings is 1. The Kier molecular flexibility index (Phi) is 13.9. The summed E-state index contributed by atoms with van der Waals surface area (Å²) in [4.78, 5) is 6.90. The summed E-state index contributed by atoms with van der Waals surface area (Å²) in [7, 11) is 1.83. The molecule has 0 unspecified atom stereocenters. The van der Waals surface area contributed by atoms with E-state index in [9.17, 15) is 0 Å². The lowest BCUT2D eigenvalue weighted by Crippen LogP contribution is -2.40. The smallest absolute Gasteiger partial charge is 0.190 e. The van der Waals surface area contributed by atoms with Gasteiger partial charge in [0, 0.05) is 20.1 Å². The Labute approximate surface area is 200 Å². The zero-order valence-corrected chi connectivity index (χ0v) is 21.5. The molecule has 7 heteroatoms. The second kappa shape index (κ2) is 15.6. The summed E-state index contributed by atoms with van der Waals surface area (Å²) in [6.07, 6.45) is 4.76. The van der Waals surface area contributed by atoms with Gasteiger partial charge < -0.3 is 25.0 Å². The average Bonchev–Trinajstić information content (AvgIpc) is 2.75. The minimum absolute atomic E-state index is 0. The van der Waals surface area contributed by atoms with Crippen LogP contribution in [0.4, 0.5) is 0 Å². The first-order valence-corrected chi connectivity index (χ1v) is 11.2. The van der Waals surface area contributed by atoms with Crippen LogP contribution in [-0.4, -0.2) is 63.8 Å². The Hall–Kier alpha value is -1.22. The highest BCUT2D eigenvalue weighted by atomic mass is 127. The predicted octanol–water partition coefficient (Wildman–Crippen LogP) is 3.93. The number of piperidine rings is 1. The number of guanidine groups is 1. The molecule has 1 heterocycles. The van der Waals surface area contributed by atoms with E-state index in [1.807, 2.05) is 27.0 Å². The van der Waals surface area contributed by atoms with Crippen LogP contribution >= 0.6 is 24.0 Å². The fraction of sp³-hybridized carbons (Fsp3) is 0.696. The van der Waals surface area contributed by atoms with Crippen LogP contribution in [0.2, 0.25) is 0 Å². The second-order valence-corrected chi connectivity index (χ2v) is 7.49. The summed E-state index contributed by atoms with van der Waals surface area (Å²) < 4.78 is 11.4. The maximum atomic E-state index is 5.72. The van der Waals surface area contributed by atoms with Gasteiger partial charge in [0.15, 0.2) is 17.5 Å². The molecule has 2 rings (SSSR count). The number of likely N-dealkylation sites (tertiary alicyclic amines) is 1. The van der Waals surface area contributed by atoms with Gasteiger partial charge in [-0.05, 0) is 82.8 Å². The number of nitrogens with one attached hydrogen (secondary N) is 2. The van der Waals surface area contributed by atoms with Crippen molar-refractivity contribution in [3.05, 3.63) is 23.8 Å². The van der Waals surface area contributed by atoms with Crippen LogP contribution in [0.1, 0.15) is 45.6 Å². The fourth-order valence-corrected chi connectivity index (χ4v) is 3.78. The summed E-state index contributed by atoms with van der Waals surface area (Å²) in [6, 6.07) is 6.18. The zero-order chi connectivity index (χ0) is 20.9. The van der Waals surface area contributed by atoms with Crippen molar-refractivity contribution < 1.29 is 9.47 Å². The molecule has 0 saturated carbocycles. The number of hydrogen-bond acceptors (Lipinski definition) is 4. The summed E-state index contributed by atoms with van der Waals surface area (Å²) in [5.74, 6) is 3.35. The van der Waals surface area contributed by atoms with Crippen molar-refractivity contribution in [3.63, 3.8) is 0 Å². The van der Waals surface area contributed by atoms with Gasteiger partial charge in [0.05, 0.1) is 13.2 Å². The van der Waals surface area contributed by atoms with E-state index >= 15 is 0 Å². The molecule has 172 valence electrons. The second-order valence-electron chi connectivity index (χ2n) is 7.49. The molecule has 0 atom stereocenters. The largest absolute Gasteiger partial charge is 0.490 e. The Morgan fingerprint density at radius 3 is 2.33 bits per heavy atom. The highest BCUT2D eigenvalue weighted by molar-refractivity contribution is 14.0. The minimum Gasteiger partial charge on any atom is -0.490 e. The van der Waals surface area contributed by atoms with Crippen molar-refractivity contribution in [3.8, 4) is 11.5 Å². The molecule has 1 aliphatic rings. The number of rotatable bonds is 11. The van der Waals surface area contributed by atoms with Crippen molar-refractivity contribution in [2.45, 2.75) is 46.5 Å². The van der Waals surface area contributed by atoms with Gasteiger partial charge in [-0.15, -0.1) is 24.0 Å². The molecule has 1 aromatic rings. The molecule has 0 aromatic heterocycles. The van der Waals surface area contributed by atoms with Gasteiger partial charge in [0.1, 0.15) is 0 Å². The quantitative estimate of drug-likeness (QED) is 0.257. The van der Waals surface area contributed by atoms with Crippen molar-refractivity contribution in [1.82, 2.24) is 15.5 Å². The molecule has 0 spiro atoms. The number of hydrogen-bond donors (Lipinski definition) is 2. The van der Waals surface area contributed by atoms with E-state index < -0.39 is 0 Å². The predicted molar refractivity (Wildman–Crippen MR) is 137 cm³/mol. The third-order valence-electron chi connectivity index (χ3n) is 5.54. The van der Waals surface area contributed by atoms with Crippen LogP contribution < -0.4 is 20.1 Å². The van der Waals surface area contributed by atoms with Crippen LogP contribution in [0.5, 0.6) is 11.5 Å². The van der Waals surface area contributed by atoms with Crippen molar-refractivity contribution >= 4 is 29.9 Å². The Bertz CT molecular complexity index is 619. The first-order valence-electron chi connectivity index (χ1n) is 11.2. The Morgan fingerprint density at radius 1 is 1.03 bits per heavy atom. The van der Waals surface area contributed by atoms with E-state index in [0.717, 1.165) is 42.9 Å². The monoisotopic (exact) mass is 532 g/mol. The van der Waals surface area contributed by atoms with E-state index in [-0.39, 0.29) is 24.0 Å². The van der Waals surface area contributed by atoms with Gasteiger partial charge in [-0.3, -0.25) is 4.99 Å². The molecule has 0 aliphatic carbocycles. The normalized spacial score (nSPS) is 15.4. The number of halogens is 1. The van der Waals surface area contributed by atoms with Crippen LogP contribution in [0.25, 0.3) is 0 Å². The van der Waals surface area contributed by atoms with Crippen molar-refractivity contribution in [1.29, 1.82) is 0 Å². The summed E-state index contributed by atoms with van der Waals surface area (Å²) >= 11 is 0. The molecule has 1 fully saturated rings. The van der Waals surface area contributed by atoms with Gasteiger partial charge in [-0.25, -0.2) is 0 Å². The fourth-order valence-electron chi connectivity index (χ4n) is 3.78. The molecule has 6 nitrogen and oxygen atoms in total. The molecule has 0 radical (unpaired) electrons. The lowest BCUT2D eigenvalue weighted by Gasteiger charge is -2.31. The van der Waals surface area contributed by atoms with E-state index in [0.29, 0.717) is 13.2 Å². The molecule has 0 amide bonds. The first kappa shape index (κ1) is 26.8. The zero-order valence-electron chi connectivity index (χ0n) is 19.2. The van der Waals surface area contributed by atoms with Gasteiger partial charge in [-0.2, -0.15) is 0 Å². The Balaban J connectivity index is 0.00000450. The van der Waals surface area contributed by atoms with Gasteiger partial charge in [0.2, 0.25) is 0 Å². The van der Waals surface area contributed by atoms with Gasteiger partial charge in [0.25, 0.3) is 0 Å². The van der Waals surface area contributed by atoms with Crippen LogP contribution in [0, 0.1) is 5.92 Å². The molecule has 0 bridgehead atoms. The summed E-state index contributed by atoms with van der Waals surface area (Å²) in [5.41, 5.74) is 1.22. The lowest BCUT2D eigenvalue weighted by molar-refractivity contribution is 0.187. The molecule has 30 heavy (non-hydrogen) atoms. The summed E-state index contributed by atoms with van der Waals surface area (Å²) in [6.45, 7) is 13.0. The Morgan fingerprint density at radius 2 is 1.70 bits per heavy atom. The SMILES string of the molecule is CCOc1ccc(CCNC(=NC)NCCC2CCN(CC)CC2)cc1OCC.I. The van der Waals surface area contributed by atoms with E-state index in [4.69, 9.17) is 9.47 Å². The number of ether oxygens (including phenoxy) is 2. The minimum atomic E-state index is 0. The van der Waals surface area contributed by atoms with Crippen LogP contribution in [0.15, 0.2) is 23.2 Å². The lowest BCUT2D eigenvalue weighted by atomic mass is 9.93. The van der Waals surface area contributed by atoms with E-state index in [2.05, 4.69) is 39.6 Å². The van der Waals surface area contributed by atoms with Gasteiger partial charge in [-0.1, -0.05) is 13.0 Å². The highest BCUT2D eigenvalue weighted by Gasteiger charge is 2.17. The topological polar surface area (TPSA) is 58.1 Å². The van der Waals surface area contributed by atoms with Crippen LogP contribution in [-0.2, 0) is 6.42 Å². The maximum absolute atomic E-state index is 5.72. The third kappa shape index (κ3) is 9.29. The van der Waals surface area contributed by atoms with Crippen LogP contribution in [0.3, 0.4) is 0 Å². The molecule has 1 saturated heterocycles. The molecule has 2 N–H and O–H groups in total. The summed E-state index contributed by atoms with van der Waals surface area (Å²) in [5, 5.41) is 6.89. The molecular weight excluding hydrogens is 491 g/mol. The maximum Gasteiger partial charge on any atom is 0.190 e. The number of aliphatic imine (C=N–C) groups is 1. The molecule has 1 aliphatic heterocycles. The van der Waals surface area contributed by atoms with Crippen molar-refractivity contribution in [2.75, 3.05) is 53.0 Å². The molecular formula is C23H41IN4O2. The van der Waals surface area contributed by atoms with E-state index in [1.165, 1.54) is 44.5 Å². The first-order chi connectivity index (χ1) is 14.2. The highest BCUT2D eigenvalue weighted by Crippen LogP contribution is 2.28. The third-order valence-corrected chi connectivity index (χ3v) is 5.54. The standard InChI is InChI=1S/C23H40N4O2.HI/c1-5-27-16-12-19(13-17-27)10-14-25-23(24-4)26-15-11-20-8-9-21(28-6-2)22(18-20)29-7-3;/h8-9,18-19H,5-7,10-17H2,1-4H3,(H2,24,25,26);1H. The van der Waals surface area contributed by atoms with Gasteiger partial charge >= 0.3 is 0 Å². The number of nitrogens with zero attached hydrogens (tertiary/aromatic N) is 2. The molecule has 1 aromatic carbocycles. The van der Waals surface area contributed by atoms with E-state index in [1.54, 1.807) is 0 Å². The average molecular weight is 533 g/mol. The van der Waals surface area contributed by atoms with Crippen molar-refractivity contribution in [2.24, 2.45) is 10.9 Å².